The number of hydrogen-bond donors (Lipinski definition) is 2. The van der Waals surface area contributed by atoms with E-state index in [4.69, 9.17) is 4.74 Å². The molecule has 1 aliphatic rings. The van der Waals surface area contributed by atoms with Crippen LogP contribution in [0.1, 0.15) is 39.9 Å². The van der Waals surface area contributed by atoms with Crippen LogP contribution < -0.4 is 10.1 Å². The predicted molar refractivity (Wildman–Crippen MR) is 117 cm³/mol. The molecule has 0 radical (unpaired) electrons. The minimum absolute atomic E-state index is 0.00267. The fraction of sp³-hybridized carbons (Fsp3) is 0.391. The van der Waals surface area contributed by atoms with Crippen molar-refractivity contribution in [2.75, 3.05) is 19.7 Å². The third kappa shape index (κ3) is 5.12. The van der Waals surface area contributed by atoms with Crippen molar-refractivity contribution in [3.8, 4) is 5.75 Å². The van der Waals surface area contributed by atoms with E-state index in [1.807, 2.05) is 49.9 Å². The van der Waals surface area contributed by atoms with E-state index in [9.17, 15) is 9.59 Å². The Hall–Kier alpha value is -2.47. The molecule has 0 atom stereocenters. The van der Waals surface area contributed by atoms with Crippen LogP contribution in [0.5, 0.6) is 5.75 Å². The third-order valence-corrected chi connectivity index (χ3v) is 5.89. The number of thiol groups is 1. The van der Waals surface area contributed by atoms with E-state index in [1.54, 1.807) is 6.07 Å². The fourth-order valence-electron chi connectivity index (χ4n) is 3.61. The van der Waals surface area contributed by atoms with Crippen molar-refractivity contribution in [1.82, 2.24) is 10.2 Å². The number of likely N-dealkylation sites (tertiary alicyclic amines) is 1. The Morgan fingerprint density at radius 3 is 2.41 bits per heavy atom. The van der Waals surface area contributed by atoms with E-state index in [0.717, 1.165) is 35.3 Å². The van der Waals surface area contributed by atoms with Crippen molar-refractivity contribution in [2.24, 2.45) is 0 Å². The zero-order valence-electron chi connectivity index (χ0n) is 17.2. The first-order chi connectivity index (χ1) is 13.9. The molecule has 3 rings (SSSR count). The molecule has 0 aliphatic carbocycles. The molecule has 1 heterocycles. The average Bonchev–Trinajstić information content (AvgIpc) is 2.71. The molecule has 0 unspecified atom stereocenters. The quantitative estimate of drug-likeness (QED) is 0.737. The molecule has 0 spiro atoms. The molecule has 6 heteroatoms. The summed E-state index contributed by atoms with van der Waals surface area (Å²) in [5, 5.41) is 3.04. The van der Waals surface area contributed by atoms with Gasteiger partial charge in [0.25, 0.3) is 11.8 Å². The number of carbonyl (C=O) groups excluding carboxylic acids is 2. The molecule has 29 heavy (non-hydrogen) atoms. The van der Waals surface area contributed by atoms with Crippen LogP contribution in [0.4, 0.5) is 0 Å². The molecular weight excluding hydrogens is 384 g/mol. The van der Waals surface area contributed by atoms with Crippen molar-refractivity contribution in [3.63, 3.8) is 0 Å². The lowest BCUT2D eigenvalue weighted by molar-refractivity contribution is -0.124. The van der Waals surface area contributed by atoms with Gasteiger partial charge in [0.05, 0.1) is 5.56 Å². The lowest BCUT2D eigenvalue weighted by Crippen LogP contribution is -2.47. The Kier molecular flexibility index (Phi) is 6.85. The van der Waals surface area contributed by atoms with Gasteiger partial charge >= 0.3 is 0 Å². The lowest BCUT2D eigenvalue weighted by Gasteiger charge is -2.32. The number of rotatable bonds is 5. The van der Waals surface area contributed by atoms with Gasteiger partial charge in [-0.25, -0.2) is 0 Å². The monoisotopic (exact) mass is 412 g/mol. The Bertz CT molecular complexity index is 905. The van der Waals surface area contributed by atoms with E-state index < -0.39 is 0 Å². The van der Waals surface area contributed by atoms with Gasteiger partial charge in [-0.3, -0.25) is 9.59 Å². The number of carbonyl (C=O) groups is 2. The van der Waals surface area contributed by atoms with Crippen LogP contribution in [0.25, 0.3) is 0 Å². The molecule has 154 valence electrons. The van der Waals surface area contributed by atoms with Crippen molar-refractivity contribution in [2.45, 2.75) is 44.6 Å². The summed E-state index contributed by atoms with van der Waals surface area (Å²) >= 11 is 4.38. The standard InChI is InChI=1S/C23H28N2O3S/c1-15-8-9-16(2)22(17(15)3)28-14-21(26)24-18-10-12-25(13-11-18)23(27)19-6-4-5-7-20(19)29/h4-9,18,29H,10-14H2,1-3H3,(H,24,26). The third-order valence-electron chi connectivity index (χ3n) is 5.50. The summed E-state index contributed by atoms with van der Waals surface area (Å²) in [7, 11) is 0. The Labute approximate surface area is 177 Å². The molecular formula is C23H28N2O3S. The van der Waals surface area contributed by atoms with Gasteiger partial charge in [-0.15, -0.1) is 12.6 Å². The molecule has 5 nitrogen and oxygen atoms in total. The van der Waals surface area contributed by atoms with Gasteiger partial charge in [0.2, 0.25) is 0 Å². The highest BCUT2D eigenvalue weighted by molar-refractivity contribution is 7.80. The Morgan fingerprint density at radius 2 is 1.72 bits per heavy atom. The second kappa shape index (κ2) is 9.35. The predicted octanol–water partition coefficient (Wildman–Crippen LogP) is 3.70. The number of amides is 2. The fourth-order valence-corrected chi connectivity index (χ4v) is 3.86. The maximum atomic E-state index is 12.7. The number of nitrogens with one attached hydrogen (secondary N) is 1. The highest BCUT2D eigenvalue weighted by atomic mass is 32.1. The summed E-state index contributed by atoms with van der Waals surface area (Å²) < 4.78 is 5.80. The molecule has 1 aliphatic heterocycles. The molecule has 0 bridgehead atoms. The van der Waals surface area contributed by atoms with Gasteiger partial charge in [-0.2, -0.15) is 0 Å². The van der Waals surface area contributed by atoms with Gasteiger partial charge in [0.1, 0.15) is 5.75 Å². The van der Waals surface area contributed by atoms with Crippen molar-refractivity contribution < 1.29 is 14.3 Å². The van der Waals surface area contributed by atoms with Crippen LogP contribution in [0.3, 0.4) is 0 Å². The average molecular weight is 413 g/mol. The number of benzene rings is 2. The lowest BCUT2D eigenvalue weighted by atomic mass is 10.0. The van der Waals surface area contributed by atoms with Crippen LogP contribution in [-0.2, 0) is 4.79 Å². The highest BCUT2D eigenvalue weighted by Gasteiger charge is 2.25. The largest absolute Gasteiger partial charge is 0.483 e. The molecule has 0 saturated carbocycles. The summed E-state index contributed by atoms with van der Waals surface area (Å²) in [6, 6.07) is 11.4. The highest BCUT2D eigenvalue weighted by Crippen LogP contribution is 2.25. The van der Waals surface area contributed by atoms with Gasteiger partial charge in [-0.05, 0) is 62.4 Å². The van der Waals surface area contributed by atoms with Gasteiger partial charge < -0.3 is 15.0 Å². The number of ether oxygens (including phenoxy) is 1. The molecule has 0 aromatic heterocycles. The molecule has 1 N–H and O–H groups in total. The summed E-state index contributed by atoms with van der Waals surface area (Å²) in [5.74, 6) is 0.649. The summed E-state index contributed by atoms with van der Waals surface area (Å²) in [6.07, 6.45) is 1.46. The smallest absolute Gasteiger partial charge is 0.258 e. The number of nitrogens with zero attached hydrogens (tertiary/aromatic N) is 1. The summed E-state index contributed by atoms with van der Waals surface area (Å²) in [6.45, 7) is 7.24. The van der Waals surface area contributed by atoms with Crippen LogP contribution >= 0.6 is 12.6 Å². The van der Waals surface area contributed by atoms with E-state index in [-0.39, 0.29) is 24.5 Å². The van der Waals surface area contributed by atoms with Crippen LogP contribution in [-0.4, -0.2) is 42.5 Å². The SMILES string of the molecule is Cc1ccc(C)c(OCC(=O)NC2CCN(C(=O)c3ccccc3S)CC2)c1C. The van der Waals surface area contributed by atoms with Gasteiger partial charge in [-0.1, -0.05) is 24.3 Å². The van der Waals surface area contributed by atoms with Crippen molar-refractivity contribution in [1.29, 1.82) is 0 Å². The molecule has 2 aromatic rings. The van der Waals surface area contributed by atoms with Crippen molar-refractivity contribution in [3.05, 3.63) is 58.7 Å². The zero-order valence-corrected chi connectivity index (χ0v) is 18.1. The number of hydrogen-bond acceptors (Lipinski definition) is 4. The molecule has 2 aromatic carbocycles. The molecule has 1 fully saturated rings. The molecule has 1 saturated heterocycles. The second-order valence-corrected chi connectivity index (χ2v) is 8.08. The molecule has 2 amide bonds. The minimum atomic E-state index is -0.129. The Morgan fingerprint density at radius 1 is 1.07 bits per heavy atom. The minimum Gasteiger partial charge on any atom is -0.483 e. The van der Waals surface area contributed by atoms with Crippen LogP contribution in [0.15, 0.2) is 41.3 Å². The Balaban J connectivity index is 1.48. The van der Waals surface area contributed by atoms with Crippen LogP contribution in [0, 0.1) is 20.8 Å². The van der Waals surface area contributed by atoms with Gasteiger partial charge in [0, 0.05) is 24.0 Å². The first-order valence-corrected chi connectivity index (χ1v) is 10.4. The first kappa shape index (κ1) is 21.2. The van der Waals surface area contributed by atoms with E-state index in [2.05, 4.69) is 24.0 Å². The number of piperidine rings is 1. The van der Waals surface area contributed by atoms with Crippen molar-refractivity contribution >= 4 is 24.4 Å². The summed E-state index contributed by atoms with van der Waals surface area (Å²) in [4.78, 5) is 27.5. The van der Waals surface area contributed by atoms with Gasteiger partial charge in [0.15, 0.2) is 6.61 Å². The maximum Gasteiger partial charge on any atom is 0.258 e. The first-order valence-electron chi connectivity index (χ1n) is 9.93. The number of aryl methyl sites for hydroxylation is 2. The maximum absolute atomic E-state index is 12.7. The normalized spacial score (nSPS) is 14.6. The zero-order chi connectivity index (χ0) is 21.0. The topological polar surface area (TPSA) is 58.6 Å². The van der Waals surface area contributed by atoms with E-state index in [1.165, 1.54) is 0 Å². The van der Waals surface area contributed by atoms with E-state index >= 15 is 0 Å². The summed E-state index contributed by atoms with van der Waals surface area (Å²) in [5.41, 5.74) is 3.85. The van der Waals surface area contributed by atoms with Crippen LogP contribution in [0.2, 0.25) is 0 Å². The van der Waals surface area contributed by atoms with E-state index in [0.29, 0.717) is 23.5 Å². The second-order valence-electron chi connectivity index (χ2n) is 7.59.